The number of sulfonamides is 1. The summed E-state index contributed by atoms with van der Waals surface area (Å²) in [6.45, 7) is 2.84. The summed E-state index contributed by atoms with van der Waals surface area (Å²) in [5.74, 6) is 0.396. The maximum Gasteiger partial charge on any atom is 0.291 e. The van der Waals surface area contributed by atoms with Gasteiger partial charge in [-0.15, -0.1) is 10.2 Å². The first kappa shape index (κ1) is 22.8. The summed E-state index contributed by atoms with van der Waals surface area (Å²) in [7, 11) is -3.88. The van der Waals surface area contributed by atoms with Gasteiger partial charge in [0, 0.05) is 31.0 Å². The molecule has 186 valence electrons. The van der Waals surface area contributed by atoms with Crippen LogP contribution in [0.25, 0.3) is 21.9 Å². The largest absolute Gasteiger partial charge is 0.391 e. The molecule has 0 spiro atoms. The Kier molecular flexibility index (Phi) is 5.15. The molecule has 35 heavy (non-hydrogen) atoms. The summed E-state index contributed by atoms with van der Waals surface area (Å²) in [6, 6.07) is 3.13. The highest BCUT2D eigenvalue weighted by Gasteiger charge is 2.41. The first-order valence-electron chi connectivity index (χ1n) is 11.3. The number of hydrogen-bond acceptors (Lipinski definition) is 8. The number of piperidine rings is 1. The molecule has 4 aromatic rings. The van der Waals surface area contributed by atoms with E-state index in [9.17, 15) is 22.3 Å². The fourth-order valence-corrected chi connectivity index (χ4v) is 6.79. The molecule has 0 bridgehead atoms. The summed E-state index contributed by atoms with van der Waals surface area (Å²) in [4.78, 5) is 6.40. The first-order chi connectivity index (χ1) is 16.7. The van der Waals surface area contributed by atoms with Gasteiger partial charge in [-0.1, -0.05) is 11.3 Å². The molecule has 2 fully saturated rings. The number of aromatic nitrogens is 5. The van der Waals surface area contributed by atoms with Crippen LogP contribution in [0.4, 0.5) is 14.5 Å². The molecule has 0 radical (unpaired) electrons. The van der Waals surface area contributed by atoms with Gasteiger partial charge in [0.2, 0.25) is 20.9 Å². The van der Waals surface area contributed by atoms with Gasteiger partial charge in [-0.2, -0.15) is 0 Å². The molecule has 4 heterocycles. The van der Waals surface area contributed by atoms with E-state index in [2.05, 4.69) is 19.9 Å². The predicted molar refractivity (Wildman–Crippen MR) is 126 cm³/mol. The number of nitrogens with one attached hydrogen (secondary N) is 1. The zero-order valence-electron chi connectivity index (χ0n) is 18.7. The zero-order chi connectivity index (χ0) is 24.5. The quantitative estimate of drug-likeness (QED) is 0.399. The van der Waals surface area contributed by atoms with Crippen LogP contribution in [0, 0.1) is 0 Å². The molecule has 1 saturated heterocycles. The van der Waals surface area contributed by atoms with Crippen LogP contribution in [0.5, 0.6) is 0 Å². The summed E-state index contributed by atoms with van der Waals surface area (Å²) in [5, 5.41) is 17.6. The molecule has 14 heteroatoms. The Morgan fingerprint density at radius 1 is 1.29 bits per heavy atom. The van der Waals surface area contributed by atoms with Crippen LogP contribution in [-0.2, 0) is 10.0 Å². The van der Waals surface area contributed by atoms with Gasteiger partial charge in [0.25, 0.3) is 6.43 Å². The topological polar surface area (TPSA) is 118 Å². The van der Waals surface area contributed by atoms with E-state index >= 15 is 0 Å². The Balaban J connectivity index is 1.63. The van der Waals surface area contributed by atoms with E-state index in [0.717, 1.165) is 30.6 Å². The lowest BCUT2D eigenvalue weighted by Crippen LogP contribution is -2.38. The number of halogens is 2. The van der Waals surface area contributed by atoms with Crippen molar-refractivity contribution in [2.45, 2.75) is 55.6 Å². The smallest absolute Gasteiger partial charge is 0.291 e. The number of β-amino-alcohol motifs (C(OH)–C–C–N with tert-alkyl or cyclic N) is 1. The molecule has 10 nitrogen and oxygen atoms in total. The number of imidazole rings is 2. The third-order valence-electron chi connectivity index (χ3n) is 6.58. The van der Waals surface area contributed by atoms with Crippen molar-refractivity contribution in [3.63, 3.8) is 0 Å². The van der Waals surface area contributed by atoms with E-state index in [-0.39, 0.29) is 10.0 Å². The van der Waals surface area contributed by atoms with Gasteiger partial charge in [0.05, 0.1) is 27.7 Å². The van der Waals surface area contributed by atoms with E-state index in [1.165, 1.54) is 6.07 Å². The van der Waals surface area contributed by atoms with Crippen molar-refractivity contribution < 1.29 is 22.3 Å². The summed E-state index contributed by atoms with van der Waals surface area (Å²) < 4.78 is 59.5. The minimum absolute atomic E-state index is 0.0498. The minimum Gasteiger partial charge on any atom is -0.391 e. The van der Waals surface area contributed by atoms with Gasteiger partial charge < -0.3 is 10.0 Å². The number of fused-ring (bicyclic) bond motifs is 3. The number of anilines is 1. The monoisotopic (exact) mass is 523 g/mol. The van der Waals surface area contributed by atoms with Gasteiger partial charge in [-0.3, -0.25) is 8.97 Å². The highest BCUT2D eigenvalue weighted by atomic mass is 32.2. The lowest BCUT2D eigenvalue weighted by molar-refractivity contribution is 0.150. The molecule has 2 N–H and O–H groups in total. The normalized spacial score (nSPS) is 20.4. The van der Waals surface area contributed by atoms with Crippen molar-refractivity contribution in [3.8, 4) is 5.13 Å². The highest BCUT2D eigenvalue weighted by molar-refractivity contribution is 7.89. The minimum atomic E-state index is -3.88. The number of benzene rings is 1. The van der Waals surface area contributed by atoms with E-state index in [1.807, 2.05) is 11.8 Å². The van der Waals surface area contributed by atoms with Gasteiger partial charge in [0.15, 0.2) is 5.01 Å². The molecule has 2 aliphatic rings. The Bertz CT molecular complexity index is 1540. The maximum absolute atomic E-state index is 13.4. The Hall–Kier alpha value is -2.68. The van der Waals surface area contributed by atoms with E-state index < -0.39 is 33.1 Å². The summed E-state index contributed by atoms with van der Waals surface area (Å²) in [5.41, 5.74) is 1.24. The summed E-state index contributed by atoms with van der Waals surface area (Å²) in [6.07, 6.45) is 2.91. The van der Waals surface area contributed by atoms with Crippen molar-refractivity contribution in [1.29, 1.82) is 0 Å². The predicted octanol–water partition coefficient (Wildman–Crippen LogP) is 2.86. The molecular weight excluding hydrogens is 500 g/mol. The molecule has 1 aromatic carbocycles. The van der Waals surface area contributed by atoms with Crippen molar-refractivity contribution >= 4 is 43.9 Å². The van der Waals surface area contributed by atoms with E-state index in [0.29, 0.717) is 42.0 Å². The van der Waals surface area contributed by atoms with Crippen LogP contribution in [0.1, 0.15) is 44.0 Å². The van der Waals surface area contributed by atoms with Gasteiger partial charge >= 0.3 is 0 Å². The fraction of sp³-hybridized carbons (Fsp3) is 0.476. The summed E-state index contributed by atoms with van der Waals surface area (Å²) >= 11 is 0.726. The van der Waals surface area contributed by atoms with Crippen LogP contribution in [-0.4, -0.2) is 62.4 Å². The van der Waals surface area contributed by atoms with Crippen LogP contribution < -0.4 is 9.62 Å². The van der Waals surface area contributed by atoms with Crippen LogP contribution in [0.3, 0.4) is 0 Å². The van der Waals surface area contributed by atoms with Crippen molar-refractivity contribution in [2.75, 3.05) is 18.0 Å². The molecule has 6 rings (SSSR count). The third kappa shape index (κ3) is 3.88. The van der Waals surface area contributed by atoms with Crippen molar-refractivity contribution in [1.82, 2.24) is 28.9 Å². The maximum atomic E-state index is 13.4. The number of aliphatic hydroxyl groups excluding tert-OH is 1. The first-order valence-corrected chi connectivity index (χ1v) is 13.6. The molecule has 1 aliphatic carbocycles. The number of alkyl halides is 2. The second-order valence-electron chi connectivity index (χ2n) is 9.37. The number of aliphatic hydroxyl groups is 1. The van der Waals surface area contributed by atoms with Gasteiger partial charge in [0.1, 0.15) is 0 Å². The molecule has 1 aliphatic heterocycles. The zero-order valence-corrected chi connectivity index (χ0v) is 20.4. The average Bonchev–Trinajstić information content (AvgIpc) is 3.20. The molecule has 0 amide bonds. The number of rotatable bonds is 6. The van der Waals surface area contributed by atoms with E-state index in [1.54, 1.807) is 27.4 Å². The van der Waals surface area contributed by atoms with Crippen molar-refractivity contribution in [2.24, 2.45) is 0 Å². The van der Waals surface area contributed by atoms with E-state index in [4.69, 9.17) is 0 Å². The Labute approximate surface area is 203 Å². The Morgan fingerprint density at radius 2 is 2.09 bits per heavy atom. The lowest BCUT2D eigenvalue weighted by atomic mass is 10.1. The fourth-order valence-electron chi connectivity index (χ4n) is 4.58. The standard InChI is InChI=1S/C21H23F2N7O3S2/c1-21(4-5-21)27-35(32,33)13-9-14(28-7-2-3-12(31)11-28)16-15(10-13)30(19-24-6-8-29(16)19)20-26-25-18(34-20)17(22)23/h6,8-10,12,17,27,31H,2-5,7,11H2,1H3/t12-/m1/s1. The van der Waals surface area contributed by atoms with Crippen LogP contribution in [0.15, 0.2) is 29.4 Å². The molecule has 1 atom stereocenters. The number of nitrogens with zero attached hydrogens (tertiary/aromatic N) is 6. The number of hydrogen-bond donors (Lipinski definition) is 2. The van der Waals surface area contributed by atoms with Gasteiger partial charge in [-0.25, -0.2) is 26.9 Å². The third-order valence-corrected chi connectivity index (χ3v) is 9.12. The van der Waals surface area contributed by atoms with Crippen LogP contribution >= 0.6 is 11.3 Å². The molecule has 1 saturated carbocycles. The van der Waals surface area contributed by atoms with Crippen LogP contribution in [0.2, 0.25) is 0 Å². The molecule has 0 unspecified atom stereocenters. The second-order valence-corrected chi connectivity index (χ2v) is 12.0. The lowest BCUT2D eigenvalue weighted by Gasteiger charge is -2.32. The average molecular weight is 524 g/mol. The highest BCUT2D eigenvalue weighted by Crippen LogP contribution is 2.39. The van der Waals surface area contributed by atoms with Gasteiger partial charge in [-0.05, 0) is 44.7 Å². The van der Waals surface area contributed by atoms with Crippen molar-refractivity contribution in [3.05, 3.63) is 29.5 Å². The Morgan fingerprint density at radius 3 is 2.77 bits per heavy atom. The second kappa shape index (κ2) is 7.91. The SMILES string of the molecule is CC1(NS(=O)(=O)c2cc(N3CCC[C@@H](O)C3)c3c(c2)n(-c2nnc(C(F)F)s2)c2nccn32)CC1. The molecular formula is C21H23F2N7O3S2. The molecule has 3 aromatic heterocycles.